The molecule has 0 spiro atoms. The lowest BCUT2D eigenvalue weighted by molar-refractivity contribution is -0.117. The molecular weight excluding hydrogens is 378 g/mol. The highest BCUT2D eigenvalue weighted by molar-refractivity contribution is 5.92. The van der Waals surface area contributed by atoms with Crippen LogP contribution in [0.5, 0.6) is 11.5 Å². The van der Waals surface area contributed by atoms with Gasteiger partial charge in [0.1, 0.15) is 0 Å². The number of nitrogens with zero attached hydrogens (tertiary/aromatic N) is 2. The van der Waals surface area contributed by atoms with Gasteiger partial charge in [0.25, 0.3) is 0 Å². The summed E-state index contributed by atoms with van der Waals surface area (Å²) in [6.07, 6.45) is 0.941. The third kappa shape index (κ3) is 7.41. The number of hydrogen-bond acceptors (Lipinski definition) is 5. The molecule has 30 heavy (non-hydrogen) atoms. The van der Waals surface area contributed by atoms with Crippen molar-refractivity contribution < 1.29 is 14.3 Å². The molecule has 0 aliphatic carbocycles. The van der Waals surface area contributed by atoms with E-state index in [-0.39, 0.29) is 12.5 Å². The lowest BCUT2D eigenvalue weighted by Crippen LogP contribution is -2.33. The normalized spacial score (nSPS) is 10.7. The summed E-state index contributed by atoms with van der Waals surface area (Å²) in [6.45, 7) is 8.65. The summed E-state index contributed by atoms with van der Waals surface area (Å²) in [7, 11) is 1.64. The molecule has 0 saturated carbocycles. The molecule has 6 heteroatoms. The topological polar surface area (TPSA) is 74.6 Å². The van der Waals surface area contributed by atoms with Gasteiger partial charge in [0.15, 0.2) is 11.5 Å². The fourth-order valence-electron chi connectivity index (χ4n) is 3.01. The minimum Gasteiger partial charge on any atom is -0.493 e. The highest BCUT2D eigenvalue weighted by Gasteiger charge is 2.13. The van der Waals surface area contributed by atoms with Gasteiger partial charge in [0, 0.05) is 12.2 Å². The van der Waals surface area contributed by atoms with Gasteiger partial charge in [0.2, 0.25) is 5.91 Å². The van der Waals surface area contributed by atoms with Crippen molar-refractivity contribution in [3.63, 3.8) is 0 Å². The van der Waals surface area contributed by atoms with Crippen LogP contribution in [0.3, 0.4) is 0 Å². The number of nitriles is 1. The Labute approximate surface area is 179 Å². The van der Waals surface area contributed by atoms with Crippen LogP contribution < -0.4 is 14.8 Å². The predicted molar refractivity (Wildman–Crippen MR) is 119 cm³/mol. The highest BCUT2D eigenvalue weighted by atomic mass is 16.5. The van der Waals surface area contributed by atoms with E-state index in [1.165, 1.54) is 0 Å². The zero-order valence-corrected chi connectivity index (χ0v) is 18.3. The minimum absolute atomic E-state index is 0.0861. The van der Waals surface area contributed by atoms with Crippen molar-refractivity contribution in [3.8, 4) is 17.6 Å². The molecule has 0 bridgehead atoms. The van der Waals surface area contributed by atoms with Crippen molar-refractivity contribution in [2.75, 3.05) is 32.1 Å². The second-order valence-corrected chi connectivity index (χ2v) is 7.64. The van der Waals surface area contributed by atoms with Crippen LogP contribution in [0, 0.1) is 17.2 Å². The van der Waals surface area contributed by atoms with Gasteiger partial charge in [0.05, 0.1) is 31.9 Å². The second-order valence-electron chi connectivity index (χ2n) is 7.64. The number of carbonyl (C=O) groups is 1. The molecule has 0 aliphatic rings. The van der Waals surface area contributed by atoms with Crippen molar-refractivity contribution in [3.05, 3.63) is 53.6 Å². The molecule has 0 atom stereocenters. The van der Waals surface area contributed by atoms with Gasteiger partial charge in [-0.05, 0) is 60.8 Å². The molecule has 6 nitrogen and oxygen atoms in total. The van der Waals surface area contributed by atoms with Gasteiger partial charge >= 0.3 is 0 Å². The Kier molecular flexibility index (Phi) is 9.17. The minimum atomic E-state index is -0.0861. The van der Waals surface area contributed by atoms with Crippen LogP contribution in [0.4, 0.5) is 5.69 Å². The molecule has 0 aromatic heterocycles. The van der Waals surface area contributed by atoms with Gasteiger partial charge in [-0.2, -0.15) is 5.26 Å². The van der Waals surface area contributed by atoms with Crippen LogP contribution in [-0.2, 0) is 11.3 Å². The van der Waals surface area contributed by atoms with E-state index in [0.29, 0.717) is 36.1 Å². The predicted octanol–water partition coefficient (Wildman–Crippen LogP) is 4.45. The summed E-state index contributed by atoms with van der Waals surface area (Å²) >= 11 is 0. The highest BCUT2D eigenvalue weighted by Crippen LogP contribution is 2.29. The molecule has 0 radical (unpaired) electrons. The molecule has 0 aliphatic heterocycles. The van der Waals surface area contributed by atoms with Gasteiger partial charge in [-0.25, -0.2) is 0 Å². The standard InChI is InChI=1S/C24H31N3O3/c1-5-12-27(16-24(28)26-21-9-6-19(14-25)7-10-21)15-20-8-11-22(23(13-20)29-4)30-17-18(2)3/h6-11,13,18H,5,12,15-17H2,1-4H3,(H,26,28). The van der Waals surface area contributed by atoms with E-state index < -0.39 is 0 Å². The third-order valence-electron chi connectivity index (χ3n) is 4.41. The van der Waals surface area contributed by atoms with Crippen LogP contribution in [0.15, 0.2) is 42.5 Å². The van der Waals surface area contributed by atoms with Crippen molar-refractivity contribution >= 4 is 11.6 Å². The number of rotatable bonds is 11. The maximum atomic E-state index is 12.5. The van der Waals surface area contributed by atoms with Crippen LogP contribution in [0.25, 0.3) is 0 Å². The molecule has 0 fully saturated rings. The Morgan fingerprint density at radius 3 is 2.50 bits per heavy atom. The van der Waals surface area contributed by atoms with Crippen LogP contribution in [0.1, 0.15) is 38.3 Å². The van der Waals surface area contributed by atoms with Crippen LogP contribution in [-0.4, -0.2) is 37.6 Å². The molecule has 0 heterocycles. The molecule has 2 aromatic rings. The number of methoxy groups -OCH3 is 1. The lowest BCUT2D eigenvalue weighted by Gasteiger charge is -2.22. The Morgan fingerprint density at radius 2 is 1.90 bits per heavy atom. The van der Waals surface area contributed by atoms with Crippen molar-refractivity contribution in [2.24, 2.45) is 5.92 Å². The average Bonchev–Trinajstić information content (AvgIpc) is 2.73. The SMILES string of the molecule is CCCN(CC(=O)Nc1ccc(C#N)cc1)Cc1ccc(OCC(C)C)c(OC)c1. The maximum absolute atomic E-state index is 12.5. The van der Waals surface area contributed by atoms with Gasteiger partial charge in [-0.15, -0.1) is 0 Å². The summed E-state index contributed by atoms with van der Waals surface area (Å²) in [5.41, 5.74) is 2.31. The van der Waals surface area contributed by atoms with Crippen molar-refractivity contribution in [1.29, 1.82) is 5.26 Å². The van der Waals surface area contributed by atoms with E-state index in [2.05, 4.69) is 37.1 Å². The van der Waals surface area contributed by atoms with Gasteiger partial charge < -0.3 is 14.8 Å². The largest absolute Gasteiger partial charge is 0.493 e. The zero-order valence-electron chi connectivity index (χ0n) is 18.3. The summed E-state index contributed by atoms with van der Waals surface area (Å²) in [6, 6.07) is 14.8. The first-order chi connectivity index (χ1) is 14.4. The zero-order chi connectivity index (χ0) is 21.9. The molecule has 2 rings (SSSR count). The summed E-state index contributed by atoms with van der Waals surface area (Å²) in [5, 5.41) is 11.8. The number of anilines is 1. The first kappa shape index (κ1) is 23.2. The number of benzene rings is 2. The first-order valence-corrected chi connectivity index (χ1v) is 10.3. The van der Waals surface area contributed by atoms with Crippen molar-refractivity contribution in [2.45, 2.75) is 33.7 Å². The van der Waals surface area contributed by atoms with Crippen LogP contribution >= 0.6 is 0 Å². The van der Waals surface area contributed by atoms with Crippen molar-refractivity contribution in [1.82, 2.24) is 4.90 Å². The quantitative estimate of drug-likeness (QED) is 0.593. The molecular formula is C24H31N3O3. The summed E-state index contributed by atoms with van der Waals surface area (Å²) < 4.78 is 11.3. The number of ether oxygens (including phenoxy) is 2. The lowest BCUT2D eigenvalue weighted by atomic mass is 10.1. The average molecular weight is 410 g/mol. The Hall–Kier alpha value is -3.04. The van der Waals surface area contributed by atoms with E-state index in [1.54, 1.807) is 31.4 Å². The fourth-order valence-corrected chi connectivity index (χ4v) is 3.01. The molecule has 160 valence electrons. The monoisotopic (exact) mass is 409 g/mol. The fraction of sp³-hybridized carbons (Fsp3) is 0.417. The maximum Gasteiger partial charge on any atom is 0.238 e. The molecule has 0 unspecified atom stereocenters. The van der Waals surface area contributed by atoms with Gasteiger partial charge in [-0.1, -0.05) is 26.8 Å². The first-order valence-electron chi connectivity index (χ1n) is 10.3. The van der Waals surface area contributed by atoms with E-state index in [0.717, 1.165) is 24.3 Å². The number of hydrogen-bond donors (Lipinski definition) is 1. The third-order valence-corrected chi connectivity index (χ3v) is 4.41. The summed E-state index contributed by atoms with van der Waals surface area (Å²) in [5.74, 6) is 1.78. The van der Waals surface area contributed by atoms with E-state index in [1.807, 2.05) is 18.2 Å². The smallest absolute Gasteiger partial charge is 0.238 e. The number of carbonyl (C=O) groups excluding carboxylic acids is 1. The summed E-state index contributed by atoms with van der Waals surface area (Å²) in [4.78, 5) is 14.6. The van der Waals surface area contributed by atoms with E-state index >= 15 is 0 Å². The van der Waals surface area contributed by atoms with Gasteiger partial charge in [-0.3, -0.25) is 9.69 Å². The Bertz CT molecular complexity index is 857. The Balaban J connectivity index is 2.01. The number of nitrogens with one attached hydrogen (secondary N) is 1. The molecule has 0 saturated heterocycles. The Morgan fingerprint density at radius 1 is 1.17 bits per heavy atom. The molecule has 2 aromatic carbocycles. The molecule has 1 amide bonds. The van der Waals surface area contributed by atoms with E-state index in [9.17, 15) is 4.79 Å². The molecule has 1 N–H and O–H groups in total. The van der Waals surface area contributed by atoms with E-state index in [4.69, 9.17) is 14.7 Å². The van der Waals surface area contributed by atoms with Crippen LogP contribution in [0.2, 0.25) is 0 Å². The number of amides is 1. The second kappa shape index (κ2) is 11.8.